The molecule has 0 atom stereocenters. The summed E-state index contributed by atoms with van der Waals surface area (Å²) in [5.74, 6) is -1.19. The third kappa shape index (κ3) is 4.14. The van der Waals surface area contributed by atoms with E-state index in [1.165, 1.54) is 13.8 Å². The Labute approximate surface area is 116 Å². The van der Waals surface area contributed by atoms with E-state index in [4.69, 9.17) is 15.1 Å². The number of benzene rings is 1. The van der Waals surface area contributed by atoms with E-state index < -0.39 is 11.9 Å². The maximum Gasteiger partial charge on any atom is 0.331 e. The Morgan fingerprint density at radius 1 is 1.35 bits per heavy atom. The number of rotatable bonds is 5. The van der Waals surface area contributed by atoms with Crippen molar-refractivity contribution in [1.82, 2.24) is 0 Å². The zero-order valence-corrected chi connectivity index (χ0v) is 11.1. The molecule has 1 amide bonds. The maximum atomic E-state index is 11.9. The van der Waals surface area contributed by atoms with Crippen LogP contribution in [0.1, 0.15) is 13.8 Å². The van der Waals surface area contributed by atoms with Gasteiger partial charge < -0.3 is 15.2 Å². The van der Waals surface area contributed by atoms with E-state index in [9.17, 15) is 9.59 Å². The lowest BCUT2D eigenvalue weighted by Crippen LogP contribution is -2.16. The van der Waals surface area contributed by atoms with Crippen molar-refractivity contribution in [2.45, 2.75) is 13.8 Å². The number of carbonyl (C=O) groups excluding carboxylic acids is 1. The highest BCUT2D eigenvalue weighted by Crippen LogP contribution is 2.18. The van der Waals surface area contributed by atoms with Gasteiger partial charge >= 0.3 is 5.97 Å². The number of aliphatic carboxylic acids is 1. The summed E-state index contributed by atoms with van der Waals surface area (Å²) in [6, 6.07) is 8.34. The number of hydrogen-bond donors (Lipinski definition) is 2. The van der Waals surface area contributed by atoms with Crippen molar-refractivity contribution in [3.05, 3.63) is 35.4 Å². The molecule has 0 saturated carbocycles. The molecule has 0 aliphatic carbocycles. The van der Waals surface area contributed by atoms with E-state index in [2.05, 4.69) is 5.32 Å². The van der Waals surface area contributed by atoms with Crippen LogP contribution in [0.25, 0.3) is 0 Å². The molecule has 0 radical (unpaired) electrons. The Morgan fingerprint density at radius 3 is 2.65 bits per heavy atom. The highest BCUT2D eigenvalue weighted by molar-refractivity contribution is 6.08. The summed E-state index contributed by atoms with van der Waals surface area (Å²) in [7, 11) is 0. The van der Waals surface area contributed by atoms with Crippen LogP contribution >= 0.6 is 0 Å². The molecule has 1 aromatic rings. The smallest absolute Gasteiger partial charge is 0.331 e. The van der Waals surface area contributed by atoms with Crippen molar-refractivity contribution in [3.63, 3.8) is 0 Å². The molecule has 6 heteroatoms. The van der Waals surface area contributed by atoms with Gasteiger partial charge in [0.05, 0.1) is 0 Å². The van der Waals surface area contributed by atoms with Gasteiger partial charge in [-0.05, 0) is 26.0 Å². The van der Waals surface area contributed by atoms with E-state index in [0.29, 0.717) is 11.4 Å². The first kappa shape index (κ1) is 15.2. The van der Waals surface area contributed by atoms with Gasteiger partial charge in [-0.2, -0.15) is 5.26 Å². The Morgan fingerprint density at radius 2 is 2.05 bits per heavy atom. The fraction of sp³-hybridized carbons (Fsp3) is 0.214. The zero-order chi connectivity index (χ0) is 15.1. The number of nitriles is 1. The first-order valence-electron chi connectivity index (χ1n) is 5.77. The third-order valence-corrected chi connectivity index (χ3v) is 2.62. The normalized spacial score (nSPS) is 11.1. The van der Waals surface area contributed by atoms with E-state index in [0.717, 1.165) is 0 Å². The van der Waals surface area contributed by atoms with E-state index in [1.54, 1.807) is 24.3 Å². The number of amides is 1. The van der Waals surface area contributed by atoms with Crippen molar-refractivity contribution in [1.29, 1.82) is 5.26 Å². The van der Waals surface area contributed by atoms with Crippen molar-refractivity contribution in [2.75, 3.05) is 11.9 Å². The molecule has 0 unspecified atom stereocenters. The van der Waals surface area contributed by atoms with Crippen molar-refractivity contribution in [3.8, 4) is 11.8 Å². The number of ether oxygens (including phenoxy) is 1. The molecule has 0 saturated heterocycles. The van der Waals surface area contributed by atoms with Crippen molar-refractivity contribution in [2.24, 2.45) is 0 Å². The lowest BCUT2D eigenvalue weighted by Gasteiger charge is -2.08. The topological polar surface area (TPSA) is 99.4 Å². The summed E-state index contributed by atoms with van der Waals surface area (Å²) >= 11 is 0. The molecule has 0 aromatic heterocycles. The SMILES string of the molecule is CC(C(=O)O)=C(C)C(=O)Nc1cccc(OCC#N)c1. The molecule has 2 N–H and O–H groups in total. The lowest BCUT2D eigenvalue weighted by molar-refractivity contribution is -0.133. The van der Waals surface area contributed by atoms with Crippen LogP contribution in [0.15, 0.2) is 35.4 Å². The van der Waals surface area contributed by atoms with Gasteiger partial charge in [-0.15, -0.1) is 0 Å². The number of anilines is 1. The molecule has 0 bridgehead atoms. The quantitative estimate of drug-likeness (QED) is 0.799. The van der Waals surface area contributed by atoms with E-state index in [-0.39, 0.29) is 17.8 Å². The monoisotopic (exact) mass is 274 g/mol. The molecule has 1 rings (SSSR count). The molecular weight excluding hydrogens is 260 g/mol. The van der Waals surface area contributed by atoms with Crippen LogP contribution in [0.3, 0.4) is 0 Å². The van der Waals surface area contributed by atoms with Gasteiger partial charge in [0.25, 0.3) is 5.91 Å². The standard InChI is InChI=1S/C14H14N2O4/c1-9(10(2)14(18)19)13(17)16-11-4-3-5-12(8-11)20-7-6-15/h3-5,8H,7H2,1-2H3,(H,16,17)(H,18,19). The average Bonchev–Trinajstić information content (AvgIpc) is 2.43. The fourth-order valence-corrected chi connectivity index (χ4v) is 1.33. The number of hydrogen-bond acceptors (Lipinski definition) is 4. The molecule has 20 heavy (non-hydrogen) atoms. The Balaban J connectivity index is 2.84. The minimum absolute atomic E-state index is 0.0145. The van der Waals surface area contributed by atoms with Gasteiger partial charge in [-0.3, -0.25) is 4.79 Å². The van der Waals surface area contributed by atoms with Gasteiger partial charge in [0.2, 0.25) is 0 Å². The Bertz CT molecular complexity index is 599. The predicted octanol–water partition coefficient (Wildman–Crippen LogP) is 1.95. The largest absolute Gasteiger partial charge is 0.479 e. The molecule has 0 aliphatic heterocycles. The van der Waals surface area contributed by atoms with Crippen LogP contribution in [-0.4, -0.2) is 23.6 Å². The highest BCUT2D eigenvalue weighted by Gasteiger charge is 2.12. The summed E-state index contributed by atoms with van der Waals surface area (Å²) in [6.07, 6.45) is 0. The summed E-state index contributed by atoms with van der Waals surface area (Å²) < 4.78 is 5.11. The molecule has 0 heterocycles. The number of nitrogens with one attached hydrogen (secondary N) is 1. The van der Waals surface area contributed by atoms with Gasteiger partial charge in [0, 0.05) is 22.9 Å². The fourth-order valence-electron chi connectivity index (χ4n) is 1.33. The number of carbonyl (C=O) groups is 2. The zero-order valence-electron chi connectivity index (χ0n) is 11.1. The van der Waals surface area contributed by atoms with Gasteiger partial charge in [0.1, 0.15) is 11.8 Å². The van der Waals surface area contributed by atoms with Gasteiger partial charge in [-0.1, -0.05) is 6.07 Å². The van der Waals surface area contributed by atoms with E-state index in [1.807, 2.05) is 6.07 Å². The predicted molar refractivity (Wildman–Crippen MR) is 72.2 cm³/mol. The van der Waals surface area contributed by atoms with Gasteiger partial charge in [-0.25, -0.2) is 4.79 Å². The van der Waals surface area contributed by atoms with Crippen molar-refractivity contribution >= 4 is 17.6 Å². The molecule has 6 nitrogen and oxygen atoms in total. The molecule has 104 valence electrons. The second-order valence-electron chi connectivity index (χ2n) is 3.98. The first-order valence-corrected chi connectivity index (χ1v) is 5.77. The van der Waals surface area contributed by atoms with Crippen molar-refractivity contribution < 1.29 is 19.4 Å². The number of nitrogens with zero attached hydrogens (tertiary/aromatic N) is 1. The summed E-state index contributed by atoms with van der Waals surface area (Å²) in [5, 5.41) is 19.8. The van der Waals surface area contributed by atoms with Crippen LogP contribution in [0, 0.1) is 11.3 Å². The Hall–Kier alpha value is -2.81. The second-order valence-corrected chi connectivity index (χ2v) is 3.98. The second kappa shape index (κ2) is 6.95. The van der Waals surface area contributed by atoms with Crippen LogP contribution < -0.4 is 10.1 Å². The minimum Gasteiger partial charge on any atom is -0.479 e. The van der Waals surface area contributed by atoms with Crippen LogP contribution in [0.2, 0.25) is 0 Å². The first-order chi connectivity index (χ1) is 9.45. The average molecular weight is 274 g/mol. The maximum absolute atomic E-state index is 11.9. The molecule has 0 spiro atoms. The van der Waals surface area contributed by atoms with E-state index >= 15 is 0 Å². The van der Waals surface area contributed by atoms with Gasteiger partial charge in [0.15, 0.2) is 6.61 Å². The summed E-state index contributed by atoms with van der Waals surface area (Å²) in [5.41, 5.74) is 0.572. The molecule has 0 fully saturated rings. The Kier molecular flexibility index (Phi) is 5.30. The molecule has 0 aliphatic rings. The highest BCUT2D eigenvalue weighted by atomic mass is 16.5. The molecule has 1 aromatic carbocycles. The van der Waals surface area contributed by atoms with Crippen LogP contribution in [0.4, 0.5) is 5.69 Å². The number of carboxylic acids is 1. The minimum atomic E-state index is -1.14. The molecular formula is C14H14N2O4. The number of carboxylic acid groups (broad SMARTS) is 1. The summed E-state index contributed by atoms with van der Waals surface area (Å²) in [6.45, 7) is 2.72. The summed E-state index contributed by atoms with van der Waals surface area (Å²) in [4.78, 5) is 22.6. The lowest BCUT2D eigenvalue weighted by atomic mass is 10.1. The van der Waals surface area contributed by atoms with Crippen LogP contribution in [0.5, 0.6) is 5.75 Å². The van der Waals surface area contributed by atoms with Crippen LogP contribution in [-0.2, 0) is 9.59 Å². The third-order valence-electron chi connectivity index (χ3n) is 2.62.